The van der Waals surface area contributed by atoms with E-state index in [9.17, 15) is 4.79 Å². The Balaban J connectivity index is 2.23. The Bertz CT molecular complexity index is 331. The molecule has 1 unspecified atom stereocenters. The molecule has 2 rings (SSSR count). The molecule has 1 fully saturated rings. The van der Waals surface area contributed by atoms with Crippen LogP contribution in [0.1, 0.15) is 36.3 Å². The Morgan fingerprint density at radius 2 is 2.43 bits per heavy atom. The van der Waals surface area contributed by atoms with E-state index in [-0.39, 0.29) is 11.3 Å². The summed E-state index contributed by atoms with van der Waals surface area (Å²) in [4.78, 5) is 10.4. The first-order chi connectivity index (χ1) is 6.74. The number of thioether (sulfide) groups is 1. The first-order valence-corrected chi connectivity index (χ1v) is 5.77. The van der Waals surface area contributed by atoms with E-state index >= 15 is 0 Å². The fraction of sp³-hybridized carbons (Fsp3) is 0.667. The lowest BCUT2D eigenvalue weighted by Gasteiger charge is -2.29. The first-order valence-electron chi connectivity index (χ1n) is 4.61. The van der Waals surface area contributed by atoms with E-state index in [1.54, 1.807) is 0 Å². The fourth-order valence-electron chi connectivity index (χ4n) is 1.63. The molecule has 0 aromatic carbocycles. The molecule has 0 spiro atoms. The van der Waals surface area contributed by atoms with Crippen molar-refractivity contribution in [3.8, 4) is 0 Å². The van der Waals surface area contributed by atoms with E-state index in [2.05, 4.69) is 17.1 Å². The van der Waals surface area contributed by atoms with Crippen LogP contribution < -0.4 is 0 Å². The quantitative estimate of drug-likeness (QED) is 0.698. The number of rotatable bonds is 2. The van der Waals surface area contributed by atoms with Gasteiger partial charge >= 0.3 is 0 Å². The molecule has 4 nitrogen and oxygen atoms in total. The SMILES string of the molecule is CC1(c2nnc(C=O)o2)CCCSC1. The van der Waals surface area contributed by atoms with Crippen LogP contribution in [0.2, 0.25) is 0 Å². The predicted molar refractivity (Wildman–Crippen MR) is 53.6 cm³/mol. The van der Waals surface area contributed by atoms with E-state index in [1.165, 1.54) is 12.2 Å². The third kappa shape index (κ3) is 1.68. The Morgan fingerprint density at radius 1 is 1.57 bits per heavy atom. The van der Waals surface area contributed by atoms with Crippen molar-refractivity contribution in [3.05, 3.63) is 11.8 Å². The van der Waals surface area contributed by atoms with Crippen molar-refractivity contribution in [1.29, 1.82) is 0 Å². The van der Waals surface area contributed by atoms with Gasteiger partial charge in [0.05, 0.1) is 5.41 Å². The first kappa shape index (κ1) is 9.71. The lowest BCUT2D eigenvalue weighted by molar-refractivity contribution is 0.109. The highest BCUT2D eigenvalue weighted by atomic mass is 32.2. The van der Waals surface area contributed by atoms with Crippen molar-refractivity contribution in [3.63, 3.8) is 0 Å². The Labute approximate surface area is 86.5 Å². The zero-order valence-electron chi connectivity index (χ0n) is 8.02. The van der Waals surface area contributed by atoms with Gasteiger partial charge in [-0.2, -0.15) is 11.8 Å². The van der Waals surface area contributed by atoms with Crippen LogP contribution >= 0.6 is 11.8 Å². The summed E-state index contributed by atoms with van der Waals surface area (Å²) in [5.41, 5.74) is -0.0445. The Kier molecular flexibility index (Phi) is 2.58. The molecule has 2 heterocycles. The second-order valence-corrected chi connectivity index (χ2v) is 4.89. The van der Waals surface area contributed by atoms with Gasteiger partial charge in [0.1, 0.15) is 0 Å². The normalized spacial score (nSPS) is 27.5. The molecule has 14 heavy (non-hydrogen) atoms. The van der Waals surface area contributed by atoms with Crippen molar-refractivity contribution in [2.24, 2.45) is 0 Å². The van der Waals surface area contributed by atoms with Crippen molar-refractivity contribution in [2.45, 2.75) is 25.2 Å². The summed E-state index contributed by atoms with van der Waals surface area (Å²) >= 11 is 1.90. The molecule has 1 atom stereocenters. The molecule has 1 aliphatic rings. The Hall–Kier alpha value is -0.840. The maximum atomic E-state index is 10.4. The predicted octanol–water partition coefficient (Wildman–Crippen LogP) is 1.67. The third-order valence-corrected chi connectivity index (χ3v) is 3.91. The van der Waals surface area contributed by atoms with Crippen LogP contribution in [0.3, 0.4) is 0 Å². The molecule has 76 valence electrons. The van der Waals surface area contributed by atoms with E-state index in [1.807, 2.05) is 11.8 Å². The van der Waals surface area contributed by atoms with Crippen LogP contribution in [0.4, 0.5) is 0 Å². The van der Waals surface area contributed by atoms with Crippen molar-refractivity contribution >= 4 is 18.0 Å². The number of carbonyl (C=O) groups excluding carboxylic acids is 1. The van der Waals surface area contributed by atoms with Crippen molar-refractivity contribution < 1.29 is 9.21 Å². The van der Waals surface area contributed by atoms with Crippen molar-refractivity contribution in [1.82, 2.24) is 10.2 Å². The molecular formula is C9H12N2O2S. The van der Waals surface area contributed by atoms with Gasteiger partial charge in [-0.05, 0) is 25.5 Å². The maximum absolute atomic E-state index is 10.4. The fourth-order valence-corrected chi connectivity index (χ4v) is 2.84. The molecule has 1 aromatic rings. The zero-order chi connectivity index (χ0) is 10.0. The molecule has 1 aromatic heterocycles. The molecule has 0 bridgehead atoms. The van der Waals surface area contributed by atoms with Gasteiger partial charge in [-0.25, -0.2) is 0 Å². The smallest absolute Gasteiger partial charge is 0.280 e. The van der Waals surface area contributed by atoms with E-state index in [4.69, 9.17) is 4.42 Å². The van der Waals surface area contributed by atoms with Crippen LogP contribution in [0.15, 0.2) is 4.42 Å². The van der Waals surface area contributed by atoms with E-state index in [0.29, 0.717) is 12.2 Å². The molecule has 0 aliphatic carbocycles. The summed E-state index contributed by atoms with van der Waals surface area (Å²) in [6.07, 6.45) is 2.82. The van der Waals surface area contributed by atoms with Gasteiger partial charge in [-0.3, -0.25) is 4.79 Å². The largest absolute Gasteiger partial charge is 0.418 e. The summed E-state index contributed by atoms with van der Waals surface area (Å²) < 4.78 is 5.27. The summed E-state index contributed by atoms with van der Waals surface area (Å²) in [5.74, 6) is 2.88. The number of carbonyl (C=O) groups is 1. The summed E-state index contributed by atoms with van der Waals surface area (Å²) in [6.45, 7) is 2.11. The molecule has 5 heteroatoms. The topological polar surface area (TPSA) is 56.0 Å². The average Bonchev–Trinajstić information content (AvgIpc) is 2.67. The molecule has 0 saturated carbocycles. The van der Waals surface area contributed by atoms with Gasteiger partial charge in [-0.1, -0.05) is 0 Å². The molecule has 0 amide bonds. The van der Waals surface area contributed by atoms with Crippen LogP contribution in [-0.2, 0) is 5.41 Å². The van der Waals surface area contributed by atoms with Crippen LogP contribution in [0, 0.1) is 0 Å². The molecule has 1 saturated heterocycles. The summed E-state index contributed by atoms with van der Waals surface area (Å²) in [7, 11) is 0. The highest BCUT2D eigenvalue weighted by Gasteiger charge is 2.34. The lowest BCUT2D eigenvalue weighted by Crippen LogP contribution is -2.29. The molecule has 0 radical (unpaired) electrons. The number of hydrogen-bond acceptors (Lipinski definition) is 5. The zero-order valence-corrected chi connectivity index (χ0v) is 8.84. The van der Waals surface area contributed by atoms with Crippen LogP contribution in [0.25, 0.3) is 0 Å². The number of hydrogen-bond donors (Lipinski definition) is 0. The number of aromatic nitrogens is 2. The monoisotopic (exact) mass is 212 g/mol. The third-order valence-electron chi connectivity index (χ3n) is 2.50. The van der Waals surface area contributed by atoms with Gasteiger partial charge in [0.15, 0.2) is 0 Å². The second kappa shape index (κ2) is 3.73. The summed E-state index contributed by atoms with van der Waals surface area (Å²) in [6, 6.07) is 0. The lowest BCUT2D eigenvalue weighted by atomic mass is 9.87. The highest BCUT2D eigenvalue weighted by Crippen LogP contribution is 2.36. The number of nitrogens with zero attached hydrogens (tertiary/aromatic N) is 2. The molecule has 0 N–H and O–H groups in total. The highest BCUT2D eigenvalue weighted by molar-refractivity contribution is 7.99. The summed E-state index contributed by atoms with van der Waals surface area (Å²) in [5, 5.41) is 7.58. The average molecular weight is 212 g/mol. The van der Waals surface area contributed by atoms with Gasteiger partial charge in [-0.15, -0.1) is 10.2 Å². The van der Waals surface area contributed by atoms with Gasteiger partial charge < -0.3 is 4.42 Å². The van der Waals surface area contributed by atoms with Gasteiger partial charge in [0, 0.05) is 5.75 Å². The van der Waals surface area contributed by atoms with E-state index < -0.39 is 0 Å². The van der Waals surface area contributed by atoms with Gasteiger partial charge in [0.2, 0.25) is 12.2 Å². The minimum absolute atomic E-state index is 0.0445. The standard InChI is InChI=1S/C9H12N2O2S/c1-9(3-2-4-14-6-9)8-11-10-7(5-12)13-8/h5H,2-4,6H2,1H3. The minimum Gasteiger partial charge on any atom is -0.418 e. The van der Waals surface area contributed by atoms with Gasteiger partial charge in [0.25, 0.3) is 5.89 Å². The maximum Gasteiger partial charge on any atom is 0.280 e. The minimum atomic E-state index is -0.0445. The number of aldehydes is 1. The molecular weight excluding hydrogens is 200 g/mol. The van der Waals surface area contributed by atoms with Crippen molar-refractivity contribution in [2.75, 3.05) is 11.5 Å². The van der Waals surface area contributed by atoms with Crippen LogP contribution in [-0.4, -0.2) is 28.0 Å². The van der Waals surface area contributed by atoms with Crippen LogP contribution in [0.5, 0.6) is 0 Å². The van der Waals surface area contributed by atoms with E-state index in [0.717, 1.165) is 12.2 Å². The Morgan fingerprint density at radius 3 is 3.00 bits per heavy atom. The molecule has 1 aliphatic heterocycles. The second-order valence-electron chi connectivity index (χ2n) is 3.78.